The summed E-state index contributed by atoms with van der Waals surface area (Å²) in [6.07, 6.45) is 3.48. The molecule has 1 fully saturated rings. The minimum atomic E-state index is -0.206. The Labute approximate surface area is 168 Å². The van der Waals surface area contributed by atoms with Crippen molar-refractivity contribution >= 4 is 17.5 Å². The zero-order valence-corrected chi connectivity index (χ0v) is 16.4. The second-order valence-electron chi connectivity index (χ2n) is 7.16. The van der Waals surface area contributed by atoms with Crippen molar-refractivity contribution < 1.29 is 4.79 Å². The quantitative estimate of drug-likeness (QED) is 0.671. The van der Waals surface area contributed by atoms with Gasteiger partial charge in [0.05, 0.1) is 5.69 Å². The van der Waals surface area contributed by atoms with E-state index in [-0.39, 0.29) is 5.91 Å². The van der Waals surface area contributed by atoms with Crippen molar-refractivity contribution in [2.24, 2.45) is 5.92 Å². The van der Waals surface area contributed by atoms with E-state index in [1.807, 2.05) is 43.3 Å². The summed E-state index contributed by atoms with van der Waals surface area (Å²) in [5.74, 6) is 1.72. The number of carbonyl (C=O) groups excluding carboxylic acids is 1. The maximum atomic E-state index is 12.2. The summed E-state index contributed by atoms with van der Waals surface area (Å²) in [5.41, 5.74) is 2.14. The molecule has 0 bridgehead atoms. The van der Waals surface area contributed by atoms with Crippen LogP contribution in [0.3, 0.4) is 0 Å². The predicted molar refractivity (Wildman–Crippen MR) is 110 cm³/mol. The van der Waals surface area contributed by atoms with Crippen molar-refractivity contribution in [1.82, 2.24) is 30.7 Å². The van der Waals surface area contributed by atoms with Crippen molar-refractivity contribution in [1.29, 1.82) is 0 Å². The highest BCUT2D eigenvalue weighted by atomic mass is 16.1. The first-order valence-corrected chi connectivity index (χ1v) is 9.38. The molecule has 3 aromatic rings. The molecule has 1 N–H and O–H groups in total. The van der Waals surface area contributed by atoms with E-state index in [2.05, 4.69) is 35.6 Å². The van der Waals surface area contributed by atoms with Crippen LogP contribution in [0.4, 0.5) is 11.6 Å². The van der Waals surface area contributed by atoms with Crippen LogP contribution in [0.2, 0.25) is 0 Å². The number of amides is 1. The van der Waals surface area contributed by atoms with Crippen LogP contribution in [0.1, 0.15) is 10.5 Å². The zero-order valence-electron chi connectivity index (χ0n) is 16.4. The molecular weight excluding hydrogens is 368 g/mol. The largest absolute Gasteiger partial charge is 0.361 e. The number of anilines is 2. The number of rotatable bonds is 6. The highest BCUT2D eigenvalue weighted by molar-refractivity contribution is 5.92. The minimum absolute atomic E-state index is 0.206. The summed E-state index contributed by atoms with van der Waals surface area (Å²) in [4.78, 5) is 20.2. The summed E-state index contributed by atoms with van der Waals surface area (Å²) >= 11 is 0. The second kappa shape index (κ2) is 8.17. The Morgan fingerprint density at radius 1 is 1.03 bits per heavy atom. The van der Waals surface area contributed by atoms with Crippen molar-refractivity contribution in [3.63, 3.8) is 0 Å². The van der Waals surface area contributed by atoms with Crippen molar-refractivity contribution in [3.05, 3.63) is 54.5 Å². The van der Waals surface area contributed by atoms with Crippen LogP contribution in [0.5, 0.6) is 0 Å². The van der Waals surface area contributed by atoms with Crippen LogP contribution < -0.4 is 15.1 Å². The highest BCUT2D eigenvalue weighted by Crippen LogP contribution is 2.23. The molecule has 0 spiro atoms. The first kappa shape index (κ1) is 18.7. The molecule has 1 aliphatic heterocycles. The first-order valence-electron chi connectivity index (χ1n) is 9.38. The monoisotopic (exact) mass is 390 g/mol. The topological polar surface area (TPSA) is 100 Å². The van der Waals surface area contributed by atoms with E-state index in [0.29, 0.717) is 24.0 Å². The number of nitrogens with one attached hydrogen (secondary N) is 1. The minimum Gasteiger partial charge on any atom is -0.361 e. The molecule has 0 atom stereocenters. The summed E-state index contributed by atoms with van der Waals surface area (Å²) in [6.45, 7) is 2.25. The van der Waals surface area contributed by atoms with Gasteiger partial charge in [-0.2, -0.15) is 0 Å². The van der Waals surface area contributed by atoms with Gasteiger partial charge in [0.25, 0.3) is 5.91 Å². The molecule has 148 valence electrons. The van der Waals surface area contributed by atoms with Gasteiger partial charge in [-0.25, -0.2) is 0 Å². The van der Waals surface area contributed by atoms with Gasteiger partial charge in [-0.3, -0.25) is 9.78 Å². The Morgan fingerprint density at radius 2 is 1.83 bits per heavy atom. The molecule has 29 heavy (non-hydrogen) atoms. The molecule has 1 amide bonds. The van der Waals surface area contributed by atoms with Gasteiger partial charge in [0.15, 0.2) is 17.3 Å². The number of hydrogen-bond acceptors (Lipinski definition) is 8. The van der Waals surface area contributed by atoms with Gasteiger partial charge in [0, 0.05) is 57.6 Å². The maximum absolute atomic E-state index is 12.2. The molecule has 3 aromatic heterocycles. The summed E-state index contributed by atoms with van der Waals surface area (Å²) in [5, 5.41) is 19.6. The van der Waals surface area contributed by atoms with Crippen molar-refractivity contribution in [2.45, 2.75) is 0 Å². The van der Waals surface area contributed by atoms with Crippen molar-refractivity contribution in [2.75, 3.05) is 43.5 Å². The van der Waals surface area contributed by atoms with Crippen molar-refractivity contribution in [3.8, 4) is 11.3 Å². The number of pyridine rings is 1. The predicted octanol–water partition coefficient (Wildman–Crippen LogP) is 1.26. The SMILES string of the molecule is CN(C)c1ccc(C(=O)NCC2CN(c3ccc(-c4ccncc4)nn3)C2)nn1. The zero-order chi connectivity index (χ0) is 20.2. The fourth-order valence-corrected chi connectivity index (χ4v) is 3.07. The van der Waals surface area contributed by atoms with E-state index in [0.717, 1.165) is 30.2 Å². The van der Waals surface area contributed by atoms with Crippen LogP contribution in [-0.2, 0) is 0 Å². The molecule has 9 heteroatoms. The molecule has 1 saturated heterocycles. The summed E-state index contributed by atoms with van der Waals surface area (Å²) < 4.78 is 0. The Hall–Kier alpha value is -3.62. The molecule has 0 aromatic carbocycles. The molecule has 0 aliphatic carbocycles. The van der Waals surface area contributed by atoms with Crippen LogP contribution >= 0.6 is 0 Å². The lowest BCUT2D eigenvalue weighted by Crippen LogP contribution is -2.52. The van der Waals surface area contributed by atoms with Crippen LogP contribution in [0.25, 0.3) is 11.3 Å². The molecule has 0 unspecified atom stereocenters. The number of carbonyl (C=O) groups is 1. The summed E-state index contributed by atoms with van der Waals surface area (Å²) in [7, 11) is 3.76. The third-order valence-corrected chi connectivity index (χ3v) is 4.80. The van der Waals surface area contributed by atoms with E-state index in [1.165, 1.54) is 0 Å². The number of aromatic nitrogens is 5. The average molecular weight is 390 g/mol. The van der Waals surface area contributed by atoms with Gasteiger partial charge in [0.1, 0.15) is 0 Å². The van der Waals surface area contributed by atoms with Crippen LogP contribution in [-0.4, -0.2) is 65.0 Å². The summed E-state index contributed by atoms with van der Waals surface area (Å²) in [6, 6.07) is 11.2. The van der Waals surface area contributed by atoms with E-state index in [9.17, 15) is 4.79 Å². The fraction of sp³-hybridized carbons (Fsp3) is 0.300. The Kier molecular flexibility index (Phi) is 5.28. The van der Waals surface area contributed by atoms with E-state index in [1.54, 1.807) is 24.5 Å². The Morgan fingerprint density at radius 3 is 2.45 bits per heavy atom. The third kappa shape index (κ3) is 4.29. The first-order chi connectivity index (χ1) is 14.1. The van der Waals surface area contributed by atoms with Gasteiger partial charge >= 0.3 is 0 Å². The normalized spacial score (nSPS) is 13.7. The lowest BCUT2D eigenvalue weighted by atomic mass is 10.00. The van der Waals surface area contributed by atoms with E-state index < -0.39 is 0 Å². The number of nitrogens with zero attached hydrogens (tertiary/aromatic N) is 7. The van der Waals surface area contributed by atoms with Gasteiger partial charge < -0.3 is 15.1 Å². The van der Waals surface area contributed by atoms with Gasteiger partial charge in [-0.05, 0) is 36.4 Å². The molecule has 0 saturated carbocycles. The standard InChI is InChI=1S/C20H22N8O/c1-27(2)18-5-4-17(24-25-18)20(29)22-11-14-12-28(13-14)19-6-3-16(23-26-19)15-7-9-21-10-8-15/h3-10,14H,11-13H2,1-2H3,(H,22,29). The molecular formula is C20H22N8O. The highest BCUT2D eigenvalue weighted by Gasteiger charge is 2.28. The molecule has 1 aliphatic rings. The molecule has 0 radical (unpaired) electrons. The molecule has 4 rings (SSSR count). The maximum Gasteiger partial charge on any atom is 0.271 e. The van der Waals surface area contributed by atoms with E-state index >= 15 is 0 Å². The fourth-order valence-electron chi connectivity index (χ4n) is 3.07. The number of hydrogen-bond donors (Lipinski definition) is 1. The lowest BCUT2D eigenvalue weighted by Gasteiger charge is -2.39. The van der Waals surface area contributed by atoms with Gasteiger partial charge in [-0.1, -0.05) is 0 Å². The van der Waals surface area contributed by atoms with Crippen LogP contribution in [0, 0.1) is 5.92 Å². The van der Waals surface area contributed by atoms with Gasteiger partial charge in [-0.15, -0.1) is 20.4 Å². The molecule has 4 heterocycles. The average Bonchev–Trinajstić information content (AvgIpc) is 2.73. The van der Waals surface area contributed by atoms with Gasteiger partial charge in [0.2, 0.25) is 0 Å². The Balaban J connectivity index is 1.25. The van der Waals surface area contributed by atoms with Crippen LogP contribution in [0.15, 0.2) is 48.8 Å². The van der Waals surface area contributed by atoms with E-state index in [4.69, 9.17) is 0 Å². The Bertz CT molecular complexity index is 954. The third-order valence-electron chi connectivity index (χ3n) is 4.80. The lowest BCUT2D eigenvalue weighted by molar-refractivity contribution is 0.0938. The molecule has 9 nitrogen and oxygen atoms in total. The smallest absolute Gasteiger partial charge is 0.271 e. The second-order valence-corrected chi connectivity index (χ2v) is 7.16.